The van der Waals surface area contributed by atoms with Crippen molar-refractivity contribution in [3.63, 3.8) is 0 Å². The molecule has 0 spiro atoms. The van der Waals surface area contributed by atoms with E-state index in [4.69, 9.17) is 9.84 Å². The Balaban J connectivity index is 1.92. The van der Waals surface area contributed by atoms with Crippen molar-refractivity contribution in [2.45, 2.75) is 0 Å². The summed E-state index contributed by atoms with van der Waals surface area (Å²) in [5.41, 5.74) is 1.82. The number of hydrogen-bond donors (Lipinski definition) is 2. The fourth-order valence-corrected chi connectivity index (χ4v) is 2.88. The number of Topliss-reactive ketones (excluding diaryl/α,β-unsaturated/α-hetero) is 2. The highest BCUT2D eigenvalue weighted by molar-refractivity contribution is 6.35. The van der Waals surface area contributed by atoms with Crippen LogP contribution in [0.2, 0.25) is 0 Å². The van der Waals surface area contributed by atoms with Gasteiger partial charge in [-0.05, 0) is 29.3 Å². The number of ketones is 2. The summed E-state index contributed by atoms with van der Waals surface area (Å²) in [6, 6.07) is 12.0. The predicted octanol–water partition coefficient (Wildman–Crippen LogP) is 1.56. The van der Waals surface area contributed by atoms with Gasteiger partial charge in [-0.15, -0.1) is 0 Å². The molecule has 2 N–H and O–H groups in total. The van der Waals surface area contributed by atoms with E-state index in [2.05, 4.69) is 5.32 Å². The number of nitrogens with one attached hydrogen (secondary N) is 1. The molecule has 0 heterocycles. The maximum atomic E-state index is 12.5. The van der Waals surface area contributed by atoms with Crippen LogP contribution in [0.3, 0.4) is 0 Å². The van der Waals surface area contributed by atoms with E-state index >= 15 is 0 Å². The first-order valence-corrected chi connectivity index (χ1v) is 7.79. The third kappa shape index (κ3) is 3.06. The number of rotatable bonds is 5. The summed E-state index contributed by atoms with van der Waals surface area (Å²) < 4.78 is 5.18. The van der Waals surface area contributed by atoms with Crippen LogP contribution in [-0.4, -0.2) is 42.2 Å². The Morgan fingerprint density at radius 3 is 2.42 bits per heavy atom. The molecule has 1 amide bonds. The lowest BCUT2D eigenvalue weighted by Crippen LogP contribution is -2.39. The molecule has 0 saturated heterocycles. The fourth-order valence-electron chi connectivity index (χ4n) is 2.88. The van der Waals surface area contributed by atoms with Crippen LogP contribution in [0.25, 0.3) is 11.1 Å². The molecule has 1 aliphatic rings. The summed E-state index contributed by atoms with van der Waals surface area (Å²) in [4.78, 5) is 47.5. The number of amides is 1. The Morgan fingerprint density at radius 2 is 1.73 bits per heavy atom. The molecule has 7 nitrogen and oxygen atoms in total. The smallest absolute Gasteiger partial charge is 0.322 e. The van der Waals surface area contributed by atoms with E-state index in [-0.39, 0.29) is 11.1 Å². The topological polar surface area (TPSA) is 110 Å². The number of aliphatic carboxylic acids is 1. The summed E-state index contributed by atoms with van der Waals surface area (Å²) >= 11 is 0. The SMILES string of the molecule is COc1cccc(-c2ccc3c(c2)C(=O)C(C(=O)NCC(=O)O)C3=O)c1. The Bertz CT molecular complexity index is 933. The molecule has 1 unspecified atom stereocenters. The van der Waals surface area contributed by atoms with Crippen LogP contribution in [0.5, 0.6) is 5.75 Å². The molecule has 0 aliphatic heterocycles. The van der Waals surface area contributed by atoms with Crippen LogP contribution < -0.4 is 10.1 Å². The van der Waals surface area contributed by atoms with Crippen molar-refractivity contribution in [2.24, 2.45) is 5.92 Å². The van der Waals surface area contributed by atoms with Crippen molar-refractivity contribution >= 4 is 23.4 Å². The Morgan fingerprint density at radius 1 is 1.04 bits per heavy atom. The zero-order valence-electron chi connectivity index (χ0n) is 13.8. The van der Waals surface area contributed by atoms with Crippen molar-refractivity contribution in [3.05, 3.63) is 53.6 Å². The van der Waals surface area contributed by atoms with Gasteiger partial charge in [-0.1, -0.05) is 24.3 Å². The number of carboxylic acids is 1. The van der Waals surface area contributed by atoms with Crippen molar-refractivity contribution in [1.82, 2.24) is 5.32 Å². The molecule has 132 valence electrons. The first kappa shape index (κ1) is 17.3. The number of carbonyl (C=O) groups is 4. The summed E-state index contributed by atoms with van der Waals surface area (Å²) in [6.07, 6.45) is 0. The summed E-state index contributed by atoms with van der Waals surface area (Å²) in [5.74, 6) is -4.29. The van der Waals surface area contributed by atoms with Gasteiger partial charge in [0.2, 0.25) is 5.91 Å². The quantitative estimate of drug-likeness (QED) is 0.790. The number of carbonyl (C=O) groups excluding carboxylic acids is 3. The Labute approximate surface area is 148 Å². The number of ether oxygens (including phenoxy) is 1. The van der Waals surface area contributed by atoms with Crippen molar-refractivity contribution in [2.75, 3.05) is 13.7 Å². The minimum absolute atomic E-state index is 0.158. The van der Waals surface area contributed by atoms with Gasteiger partial charge in [-0.25, -0.2) is 0 Å². The van der Waals surface area contributed by atoms with E-state index < -0.39 is 35.9 Å². The van der Waals surface area contributed by atoms with Gasteiger partial charge in [0.25, 0.3) is 0 Å². The first-order chi connectivity index (χ1) is 12.4. The summed E-state index contributed by atoms with van der Waals surface area (Å²) in [7, 11) is 1.55. The van der Waals surface area contributed by atoms with Crippen LogP contribution in [0.4, 0.5) is 0 Å². The van der Waals surface area contributed by atoms with Gasteiger partial charge in [-0.2, -0.15) is 0 Å². The third-order valence-corrected chi connectivity index (χ3v) is 4.15. The van der Waals surface area contributed by atoms with Crippen LogP contribution >= 0.6 is 0 Å². The molecule has 3 rings (SSSR count). The van der Waals surface area contributed by atoms with Gasteiger partial charge in [0.1, 0.15) is 12.3 Å². The minimum atomic E-state index is -1.54. The number of fused-ring (bicyclic) bond motifs is 1. The largest absolute Gasteiger partial charge is 0.497 e. The number of hydrogen-bond acceptors (Lipinski definition) is 5. The maximum Gasteiger partial charge on any atom is 0.322 e. The first-order valence-electron chi connectivity index (χ1n) is 7.79. The van der Waals surface area contributed by atoms with Crippen LogP contribution in [0.1, 0.15) is 20.7 Å². The average molecular weight is 353 g/mol. The number of benzene rings is 2. The molecular formula is C19H15NO6. The highest BCUT2D eigenvalue weighted by Gasteiger charge is 2.43. The van der Waals surface area contributed by atoms with Crippen LogP contribution in [0.15, 0.2) is 42.5 Å². The molecule has 26 heavy (non-hydrogen) atoms. The predicted molar refractivity (Wildman–Crippen MR) is 91.2 cm³/mol. The highest BCUT2D eigenvalue weighted by atomic mass is 16.5. The molecule has 0 fully saturated rings. The van der Waals surface area contributed by atoms with Crippen molar-refractivity contribution in [1.29, 1.82) is 0 Å². The second-order valence-electron chi connectivity index (χ2n) is 5.77. The van der Waals surface area contributed by atoms with Crippen molar-refractivity contribution in [3.8, 4) is 16.9 Å². The van der Waals surface area contributed by atoms with E-state index in [1.165, 1.54) is 6.07 Å². The molecule has 1 atom stereocenters. The maximum absolute atomic E-state index is 12.5. The lowest BCUT2D eigenvalue weighted by molar-refractivity contribution is -0.138. The highest BCUT2D eigenvalue weighted by Crippen LogP contribution is 2.32. The van der Waals surface area contributed by atoms with Gasteiger partial charge < -0.3 is 15.2 Å². The third-order valence-electron chi connectivity index (χ3n) is 4.15. The Hall–Kier alpha value is -3.48. The van der Waals surface area contributed by atoms with Gasteiger partial charge in [0.15, 0.2) is 17.5 Å². The summed E-state index contributed by atoms with van der Waals surface area (Å²) in [6.45, 7) is -0.651. The molecule has 2 aromatic rings. The molecule has 0 aromatic heterocycles. The monoisotopic (exact) mass is 353 g/mol. The average Bonchev–Trinajstić information content (AvgIpc) is 2.90. The molecular weight excluding hydrogens is 338 g/mol. The minimum Gasteiger partial charge on any atom is -0.497 e. The fraction of sp³-hybridized carbons (Fsp3) is 0.158. The molecule has 2 aromatic carbocycles. The van der Waals surface area contributed by atoms with Crippen molar-refractivity contribution < 1.29 is 29.0 Å². The van der Waals surface area contributed by atoms with Gasteiger partial charge in [0.05, 0.1) is 7.11 Å². The van der Waals surface area contributed by atoms with Crippen LogP contribution in [-0.2, 0) is 9.59 Å². The normalized spacial score (nSPS) is 15.5. The Kier molecular flexibility index (Phi) is 4.53. The van der Waals surface area contributed by atoms with Gasteiger partial charge in [-0.3, -0.25) is 19.2 Å². The molecule has 0 saturated carbocycles. The standard InChI is InChI=1S/C19H15NO6/c1-26-12-4-2-3-10(7-12)11-5-6-13-14(8-11)18(24)16(17(13)23)19(25)20-9-15(21)22/h2-8,16H,9H2,1H3,(H,20,25)(H,21,22). The van der Waals surface area contributed by atoms with E-state index in [9.17, 15) is 19.2 Å². The lowest BCUT2D eigenvalue weighted by Gasteiger charge is -2.06. The summed E-state index contributed by atoms with van der Waals surface area (Å²) in [5, 5.41) is 10.7. The number of carboxylic acid groups (broad SMARTS) is 1. The lowest BCUT2D eigenvalue weighted by atomic mass is 10.00. The second-order valence-corrected chi connectivity index (χ2v) is 5.77. The molecule has 0 bridgehead atoms. The molecule has 0 radical (unpaired) electrons. The van der Waals surface area contributed by atoms with E-state index in [0.717, 1.165) is 5.56 Å². The van der Waals surface area contributed by atoms with E-state index in [1.807, 2.05) is 6.07 Å². The zero-order valence-corrected chi connectivity index (χ0v) is 13.8. The number of methoxy groups -OCH3 is 1. The van der Waals surface area contributed by atoms with Crippen LogP contribution in [0, 0.1) is 5.92 Å². The second kappa shape index (κ2) is 6.79. The van der Waals surface area contributed by atoms with Gasteiger partial charge in [0, 0.05) is 11.1 Å². The zero-order chi connectivity index (χ0) is 18.8. The van der Waals surface area contributed by atoms with E-state index in [0.29, 0.717) is 11.3 Å². The molecule has 7 heteroatoms. The molecule has 1 aliphatic carbocycles. The van der Waals surface area contributed by atoms with Gasteiger partial charge >= 0.3 is 5.97 Å². The van der Waals surface area contributed by atoms with E-state index in [1.54, 1.807) is 37.4 Å².